The second-order valence-corrected chi connectivity index (χ2v) is 28.1. The van der Waals surface area contributed by atoms with E-state index in [0.29, 0.717) is 36.0 Å². The number of aliphatic hydroxyl groups is 1. The smallest absolute Gasteiger partial charge is 0.338 e. The Kier molecular flexibility index (Phi) is 29.0. The largest absolute Gasteiger partial charge is 0.451 e. The van der Waals surface area contributed by atoms with Gasteiger partial charge in [-0.1, -0.05) is 206 Å². The van der Waals surface area contributed by atoms with Gasteiger partial charge < -0.3 is 99.8 Å². The fourth-order valence-corrected chi connectivity index (χ4v) is 13.9. The molecule has 8 aromatic rings. The Morgan fingerprint density at radius 2 is 0.800 bits per heavy atom. The number of hydrogen-bond donors (Lipinski definition) is 1. The van der Waals surface area contributed by atoms with Gasteiger partial charge in [0.15, 0.2) is 74.7 Å². The van der Waals surface area contributed by atoms with Crippen LogP contribution in [0, 0.1) is 0 Å². The minimum absolute atomic E-state index is 0.0521. The van der Waals surface area contributed by atoms with E-state index in [-0.39, 0.29) is 61.8 Å². The Morgan fingerprint density at radius 1 is 0.417 bits per heavy atom. The van der Waals surface area contributed by atoms with Gasteiger partial charge in [-0.05, 0) is 80.8 Å². The highest BCUT2D eigenvalue weighted by Gasteiger charge is 2.57. The van der Waals surface area contributed by atoms with Gasteiger partial charge in [0.1, 0.15) is 48.8 Å². The molecule has 12 unspecified atom stereocenters. The molecule has 0 bridgehead atoms. The summed E-state index contributed by atoms with van der Waals surface area (Å²) >= 11 is 0. The van der Waals surface area contributed by atoms with Gasteiger partial charge in [0.25, 0.3) is 0 Å². The molecule has 0 saturated carbocycles. The number of carbonyl (C=O) groups excluding carboxylic acids is 4. The van der Waals surface area contributed by atoms with Crippen molar-refractivity contribution in [3.8, 4) is 0 Å². The average molecular weight is 1580 g/mol. The zero-order chi connectivity index (χ0) is 79.2. The third-order valence-electron chi connectivity index (χ3n) is 20.1. The van der Waals surface area contributed by atoms with Gasteiger partial charge in [0, 0.05) is 40.3 Å². The number of nitrogens with zero attached hydrogens (tertiary/aromatic N) is 3. The topological polar surface area (TPSA) is 322 Å². The van der Waals surface area contributed by atoms with Crippen LogP contribution >= 0.6 is 0 Å². The molecule has 6 aliphatic heterocycles. The van der Waals surface area contributed by atoms with E-state index < -0.39 is 173 Å². The number of hydrogen-bond acceptors (Lipinski definition) is 26. The highest BCUT2D eigenvalue weighted by Crippen LogP contribution is 2.41. The van der Waals surface area contributed by atoms with Crippen molar-refractivity contribution in [2.24, 2.45) is 5.11 Å². The predicted molar refractivity (Wildman–Crippen MR) is 405 cm³/mol. The van der Waals surface area contributed by atoms with Gasteiger partial charge in [-0.2, -0.15) is 0 Å². The van der Waals surface area contributed by atoms with Crippen LogP contribution in [0.2, 0.25) is 0 Å². The van der Waals surface area contributed by atoms with Crippen LogP contribution in [0.5, 0.6) is 0 Å². The van der Waals surface area contributed by atoms with Crippen molar-refractivity contribution in [3.05, 3.63) is 298 Å². The summed E-state index contributed by atoms with van der Waals surface area (Å²) in [6, 6.07) is 69.4. The molecule has 115 heavy (non-hydrogen) atoms. The van der Waals surface area contributed by atoms with Crippen molar-refractivity contribution < 1.29 is 119 Å². The number of rotatable bonds is 33. The van der Waals surface area contributed by atoms with Gasteiger partial charge in [0.05, 0.1) is 74.1 Å². The summed E-state index contributed by atoms with van der Waals surface area (Å²) in [4.78, 5) is 62.4. The molecule has 604 valence electrons. The Morgan fingerprint density at radius 3 is 1.25 bits per heavy atom. The maximum absolute atomic E-state index is 15.3. The molecule has 0 aliphatic carbocycles. The van der Waals surface area contributed by atoms with Gasteiger partial charge in [-0.3, -0.25) is 0 Å². The predicted octanol–water partition coefficient (Wildman–Crippen LogP) is 12.5. The van der Waals surface area contributed by atoms with E-state index in [1.807, 2.05) is 121 Å². The number of carbonyl (C=O) groups is 4. The zero-order valence-electron chi connectivity index (χ0n) is 63.2. The maximum atomic E-state index is 15.3. The van der Waals surface area contributed by atoms with Gasteiger partial charge >= 0.3 is 23.9 Å². The van der Waals surface area contributed by atoms with Crippen LogP contribution in [0.15, 0.2) is 248 Å². The molecular formula is C87H91N3O25. The van der Waals surface area contributed by atoms with Crippen molar-refractivity contribution in [2.45, 2.75) is 169 Å². The first-order valence-electron chi connectivity index (χ1n) is 38.5. The van der Waals surface area contributed by atoms with E-state index in [0.717, 1.165) is 5.56 Å². The van der Waals surface area contributed by atoms with Crippen molar-refractivity contribution in [3.63, 3.8) is 0 Å². The van der Waals surface area contributed by atoms with Crippen molar-refractivity contribution in [1.82, 2.24) is 0 Å². The minimum Gasteiger partial charge on any atom is -0.451 e. The molecule has 0 spiro atoms. The second kappa shape index (κ2) is 40.7. The number of fused-ring (bicyclic) bond motifs is 2. The van der Waals surface area contributed by atoms with Gasteiger partial charge in [-0.25, -0.2) is 19.2 Å². The summed E-state index contributed by atoms with van der Waals surface area (Å²) in [7, 11) is 0. The number of ether oxygens (including phenoxy) is 20. The lowest BCUT2D eigenvalue weighted by Gasteiger charge is -2.49. The molecule has 6 heterocycles. The van der Waals surface area contributed by atoms with Crippen LogP contribution in [0.1, 0.15) is 122 Å². The number of benzene rings is 8. The molecule has 28 heteroatoms. The van der Waals surface area contributed by atoms with E-state index in [2.05, 4.69) is 10.0 Å². The number of unbranched alkanes of at least 4 members (excludes halogenated alkanes) is 2. The first-order valence-corrected chi connectivity index (χ1v) is 38.5. The fourth-order valence-electron chi connectivity index (χ4n) is 13.9. The van der Waals surface area contributed by atoms with Crippen LogP contribution < -0.4 is 0 Å². The van der Waals surface area contributed by atoms with E-state index in [1.165, 1.54) is 12.1 Å². The highest BCUT2D eigenvalue weighted by atomic mass is 16.8. The second-order valence-electron chi connectivity index (χ2n) is 28.1. The summed E-state index contributed by atoms with van der Waals surface area (Å²) in [5.41, 5.74) is 12.2. The van der Waals surface area contributed by atoms with Crippen LogP contribution in [0.4, 0.5) is 0 Å². The standard InChI is InChI=1S/C87H91N3O25/c1-54-64(48-97-80(103-54)60-38-20-7-21-39-60)107-84(68(105-76(92)56-30-12-3-13-31-56)52-102-86-73(111-78(94)58-34-16-5-17-35-58)70(91)71-66(109-86)50-99-82(113-71)62-42-24-9-25-43-62)101-53-69(106-77(93)57-32-14-4-15-33-57)85(108-65-49-98-81(104-55(65)2)61-40-22-8-23-41-61)115-74-72-67(51-100-83(114-72)63-44-26-10-27-45-63)110-87(96-47-29-11-28-46-89-90-88)75(74)112-79(95)59-36-18-6-19-37-59/h3-10,12-27,30-45,54-55,64-75,80-87,91H,11,28-29,46-53H2,1-2H3/t54-,55-,64?,65?,66?,67?,68-,69-,70?,71+,72+,73?,74?,75?,80?,81?,82?,83?,84+,85-,86+,87+/m0/s1. The molecule has 6 fully saturated rings. The highest BCUT2D eigenvalue weighted by molar-refractivity contribution is 5.91. The Balaban J connectivity index is 0.863. The number of aliphatic hydroxyl groups excluding tert-OH is 1. The SMILES string of the molecule is C[C@@H]1OC(c2ccccc2)OCC1O[C@@H](OC[C@H](OC(=O)c1ccccc1)[C@H](OC1C(OC(=O)c2ccccc2)[C@H](OCCCCCN=[N+]=[N-])OC2COC(c3ccccc3)O[C@H]21)OC1COC(c2ccccc2)O[C@H]1C)[C@H](CO[C@@H]1OC2COC(c3ccccc3)O[C@H]2C(O)C1OC(=O)c1ccccc1)OC(=O)c1ccccc1. The third kappa shape index (κ3) is 21.5. The van der Waals surface area contributed by atoms with E-state index in [1.54, 1.807) is 123 Å². The Bertz CT molecular complexity index is 4380. The monoisotopic (exact) mass is 1580 g/mol. The molecule has 6 aliphatic rings. The van der Waals surface area contributed by atoms with E-state index >= 15 is 9.59 Å². The number of esters is 4. The summed E-state index contributed by atoms with van der Waals surface area (Å²) in [5, 5.41) is 16.3. The summed E-state index contributed by atoms with van der Waals surface area (Å²) in [6.45, 7) is 1.83. The molecule has 14 rings (SSSR count). The van der Waals surface area contributed by atoms with Crippen molar-refractivity contribution in [1.29, 1.82) is 0 Å². The first kappa shape index (κ1) is 81.8. The lowest BCUT2D eigenvalue weighted by atomic mass is 9.96. The van der Waals surface area contributed by atoms with Crippen LogP contribution in [0.3, 0.4) is 0 Å². The normalized spacial score (nSPS) is 28.3. The quantitative estimate of drug-likeness (QED) is 0.00759. The fraction of sp³-hybridized carbons (Fsp3) is 0.402. The molecule has 28 nitrogen and oxygen atoms in total. The van der Waals surface area contributed by atoms with Gasteiger partial charge in [0.2, 0.25) is 0 Å². The van der Waals surface area contributed by atoms with Crippen LogP contribution in [-0.4, -0.2) is 192 Å². The van der Waals surface area contributed by atoms with Crippen LogP contribution in [-0.2, 0) is 94.7 Å². The van der Waals surface area contributed by atoms with Gasteiger partial charge in [-0.15, -0.1) is 0 Å². The van der Waals surface area contributed by atoms with Crippen LogP contribution in [0.25, 0.3) is 10.4 Å². The Labute approximate surface area is 664 Å². The van der Waals surface area contributed by atoms with Crippen molar-refractivity contribution >= 4 is 23.9 Å². The average Bonchev–Trinajstić information content (AvgIpc) is 0.767. The summed E-state index contributed by atoms with van der Waals surface area (Å²) in [5.74, 6) is -3.44. The maximum Gasteiger partial charge on any atom is 0.338 e. The molecule has 22 atom stereocenters. The first-order chi connectivity index (χ1) is 56.4. The number of azide groups is 1. The zero-order valence-corrected chi connectivity index (χ0v) is 63.2. The molecule has 0 amide bonds. The Hall–Kier alpha value is -9.73. The molecule has 0 radical (unpaired) electrons. The molecular weight excluding hydrogens is 1490 g/mol. The minimum atomic E-state index is -1.87. The summed E-state index contributed by atoms with van der Waals surface area (Å²) < 4.78 is 134. The lowest BCUT2D eigenvalue weighted by Crippen LogP contribution is -2.65. The third-order valence-corrected chi connectivity index (χ3v) is 20.1. The molecule has 8 aromatic carbocycles. The van der Waals surface area contributed by atoms with Crippen molar-refractivity contribution in [2.75, 3.05) is 52.8 Å². The van der Waals surface area contributed by atoms with E-state index in [9.17, 15) is 14.7 Å². The summed E-state index contributed by atoms with van der Waals surface area (Å²) in [6.07, 6.45) is -26.9. The molecule has 1 N–H and O–H groups in total. The molecule has 6 saturated heterocycles. The van der Waals surface area contributed by atoms with E-state index in [4.69, 9.17) is 100 Å². The lowest BCUT2D eigenvalue weighted by molar-refractivity contribution is -0.388. The molecule has 0 aromatic heterocycles.